The Hall–Kier alpha value is -1.97. The van der Waals surface area contributed by atoms with Crippen LogP contribution >= 0.6 is 0 Å². The summed E-state index contributed by atoms with van der Waals surface area (Å²) in [5.41, 5.74) is 0.573. The maximum atomic E-state index is 12.1. The second kappa shape index (κ2) is 9.87. The first kappa shape index (κ1) is 18.1. The van der Waals surface area contributed by atoms with Crippen molar-refractivity contribution in [2.45, 2.75) is 58.8 Å². The maximum absolute atomic E-state index is 12.1. The van der Waals surface area contributed by atoms with Gasteiger partial charge in [0.05, 0.1) is 5.56 Å². The average molecular weight is 303 g/mol. The standard InChI is InChI=1S/C18H23O4/c1-3-5-6-7-8-9-16(20)14-10-11-17(15(12-14)13-19)22-18(21)4-2/h10-12H,3-9H2,1-2H3. The fraction of sp³-hybridized carbons (Fsp3) is 0.500. The van der Waals surface area contributed by atoms with Crippen molar-refractivity contribution in [3.05, 3.63) is 29.3 Å². The normalized spacial score (nSPS) is 10.3. The summed E-state index contributed by atoms with van der Waals surface area (Å²) < 4.78 is 5.03. The highest BCUT2D eigenvalue weighted by Gasteiger charge is 2.12. The lowest BCUT2D eigenvalue weighted by atomic mass is 10.0. The molecule has 22 heavy (non-hydrogen) atoms. The van der Waals surface area contributed by atoms with Crippen molar-refractivity contribution in [3.63, 3.8) is 0 Å². The number of esters is 1. The Morgan fingerprint density at radius 3 is 2.45 bits per heavy atom. The third kappa shape index (κ3) is 5.80. The van der Waals surface area contributed by atoms with Crippen LogP contribution in [0.15, 0.2) is 18.2 Å². The Labute approximate surface area is 131 Å². The molecular weight excluding hydrogens is 280 g/mol. The Morgan fingerprint density at radius 1 is 1.09 bits per heavy atom. The number of unbranched alkanes of at least 4 members (excludes halogenated alkanes) is 4. The van der Waals surface area contributed by atoms with Crippen LogP contribution in [-0.4, -0.2) is 18.0 Å². The van der Waals surface area contributed by atoms with Gasteiger partial charge in [-0.3, -0.25) is 14.4 Å². The Bertz CT molecular complexity index is 520. The first-order valence-corrected chi connectivity index (χ1v) is 7.88. The predicted molar refractivity (Wildman–Crippen MR) is 84.9 cm³/mol. The molecule has 0 aromatic heterocycles. The van der Waals surface area contributed by atoms with E-state index in [-0.39, 0.29) is 23.5 Å². The van der Waals surface area contributed by atoms with E-state index in [1.807, 2.05) is 0 Å². The zero-order valence-electron chi connectivity index (χ0n) is 13.3. The fourth-order valence-electron chi connectivity index (χ4n) is 2.10. The van der Waals surface area contributed by atoms with Gasteiger partial charge >= 0.3 is 5.97 Å². The summed E-state index contributed by atoms with van der Waals surface area (Å²) in [6.45, 7) is 3.82. The van der Waals surface area contributed by atoms with Gasteiger partial charge in [-0.1, -0.05) is 39.5 Å². The SMILES string of the molecule is CCCCCCCC(=O)c1ccc(OC(=O)CC)c([C]=O)c1. The molecular formula is C18H23O4. The van der Waals surface area contributed by atoms with Crippen molar-refractivity contribution in [2.24, 2.45) is 0 Å². The molecule has 1 rings (SSSR count). The van der Waals surface area contributed by atoms with Gasteiger partial charge in [-0.15, -0.1) is 0 Å². The van der Waals surface area contributed by atoms with Crippen LogP contribution in [-0.2, 0) is 9.59 Å². The molecule has 0 aliphatic heterocycles. The van der Waals surface area contributed by atoms with Gasteiger partial charge in [0, 0.05) is 18.4 Å². The molecule has 0 N–H and O–H groups in total. The van der Waals surface area contributed by atoms with E-state index in [1.54, 1.807) is 19.3 Å². The largest absolute Gasteiger partial charge is 0.426 e. The van der Waals surface area contributed by atoms with E-state index in [0.29, 0.717) is 12.0 Å². The Morgan fingerprint density at radius 2 is 1.82 bits per heavy atom. The van der Waals surface area contributed by atoms with Crippen LogP contribution in [0, 0.1) is 0 Å². The van der Waals surface area contributed by atoms with Gasteiger partial charge in [0.2, 0.25) is 6.29 Å². The molecule has 1 aromatic rings. The summed E-state index contributed by atoms with van der Waals surface area (Å²) in [6, 6.07) is 4.52. The number of hydrogen-bond acceptors (Lipinski definition) is 4. The number of hydrogen-bond donors (Lipinski definition) is 0. The van der Waals surface area contributed by atoms with Crippen molar-refractivity contribution in [1.82, 2.24) is 0 Å². The predicted octanol–water partition coefficient (Wildman–Crippen LogP) is 4.00. The monoisotopic (exact) mass is 303 g/mol. The topological polar surface area (TPSA) is 60.4 Å². The minimum Gasteiger partial charge on any atom is -0.426 e. The van der Waals surface area contributed by atoms with Crippen molar-refractivity contribution >= 4 is 18.0 Å². The summed E-state index contributed by atoms with van der Waals surface area (Å²) in [6.07, 6.45) is 7.81. The van der Waals surface area contributed by atoms with E-state index in [2.05, 4.69) is 6.92 Å². The third-order valence-corrected chi connectivity index (χ3v) is 3.43. The van der Waals surface area contributed by atoms with Gasteiger partial charge in [0.25, 0.3) is 0 Å². The van der Waals surface area contributed by atoms with Crippen LogP contribution in [0.5, 0.6) is 5.75 Å². The molecule has 0 amide bonds. The molecule has 0 unspecified atom stereocenters. The zero-order valence-corrected chi connectivity index (χ0v) is 13.3. The lowest BCUT2D eigenvalue weighted by Gasteiger charge is -2.07. The average Bonchev–Trinajstić information content (AvgIpc) is 2.54. The minimum atomic E-state index is -0.425. The molecule has 4 nitrogen and oxygen atoms in total. The van der Waals surface area contributed by atoms with Gasteiger partial charge in [0.15, 0.2) is 5.78 Å². The molecule has 1 radical (unpaired) electrons. The second-order valence-corrected chi connectivity index (χ2v) is 5.23. The van der Waals surface area contributed by atoms with E-state index >= 15 is 0 Å². The minimum absolute atomic E-state index is 0.00127. The lowest BCUT2D eigenvalue weighted by Crippen LogP contribution is -2.08. The van der Waals surface area contributed by atoms with Gasteiger partial charge in [0.1, 0.15) is 5.75 Å². The molecule has 0 fully saturated rings. The van der Waals surface area contributed by atoms with E-state index < -0.39 is 5.97 Å². The number of ketones is 1. The van der Waals surface area contributed by atoms with Crippen LogP contribution in [0.4, 0.5) is 0 Å². The first-order valence-electron chi connectivity index (χ1n) is 7.88. The molecule has 0 aliphatic rings. The molecule has 0 saturated heterocycles. The quantitative estimate of drug-likeness (QED) is 0.284. The number of carbonyl (C=O) groups excluding carboxylic acids is 3. The molecule has 0 bridgehead atoms. The van der Waals surface area contributed by atoms with Gasteiger partial charge in [-0.2, -0.15) is 0 Å². The number of Topliss-reactive ketones (excluding diaryl/α,β-unsaturated/α-hetero) is 1. The summed E-state index contributed by atoms with van der Waals surface area (Å²) in [7, 11) is 0. The first-order chi connectivity index (χ1) is 10.6. The summed E-state index contributed by atoms with van der Waals surface area (Å²) in [5.74, 6) is -0.269. The molecule has 0 aliphatic carbocycles. The van der Waals surface area contributed by atoms with E-state index in [0.717, 1.165) is 19.3 Å². The number of carbonyl (C=O) groups is 2. The van der Waals surface area contributed by atoms with Gasteiger partial charge in [-0.25, -0.2) is 0 Å². The maximum Gasteiger partial charge on any atom is 0.310 e. The van der Waals surface area contributed by atoms with Crippen molar-refractivity contribution < 1.29 is 19.1 Å². The smallest absolute Gasteiger partial charge is 0.310 e. The fourth-order valence-corrected chi connectivity index (χ4v) is 2.10. The lowest BCUT2D eigenvalue weighted by molar-refractivity contribution is -0.134. The van der Waals surface area contributed by atoms with Crippen LogP contribution in [0.25, 0.3) is 0 Å². The van der Waals surface area contributed by atoms with Crippen LogP contribution in [0.2, 0.25) is 0 Å². The third-order valence-electron chi connectivity index (χ3n) is 3.43. The Balaban J connectivity index is 2.65. The molecule has 0 heterocycles. The summed E-state index contributed by atoms with van der Waals surface area (Å²) in [5, 5.41) is 0. The highest BCUT2D eigenvalue weighted by Crippen LogP contribution is 2.20. The molecule has 119 valence electrons. The van der Waals surface area contributed by atoms with Crippen molar-refractivity contribution in [2.75, 3.05) is 0 Å². The van der Waals surface area contributed by atoms with Crippen molar-refractivity contribution in [1.29, 1.82) is 0 Å². The molecule has 0 atom stereocenters. The van der Waals surface area contributed by atoms with E-state index in [9.17, 15) is 14.4 Å². The number of rotatable bonds is 10. The van der Waals surface area contributed by atoms with Crippen LogP contribution in [0.1, 0.15) is 74.7 Å². The molecule has 0 saturated carbocycles. The van der Waals surface area contributed by atoms with Gasteiger partial charge < -0.3 is 4.74 Å². The molecule has 0 spiro atoms. The second-order valence-electron chi connectivity index (χ2n) is 5.23. The highest BCUT2D eigenvalue weighted by molar-refractivity contribution is 5.98. The van der Waals surface area contributed by atoms with E-state index in [1.165, 1.54) is 25.0 Å². The highest BCUT2D eigenvalue weighted by atomic mass is 16.5. The molecule has 4 heteroatoms. The number of benzene rings is 1. The van der Waals surface area contributed by atoms with Crippen LogP contribution in [0.3, 0.4) is 0 Å². The summed E-state index contributed by atoms with van der Waals surface area (Å²) in [4.78, 5) is 34.4. The zero-order chi connectivity index (χ0) is 16.4. The van der Waals surface area contributed by atoms with Gasteiger partial charge in [-0.05, 0) is 24.6 Å². The summed E-state index contributed by atoms with van der Waals surface area (Å²) >= 11 is 0. The van der Waals surface area contributed by atoms with E-state index in [4.69, 9.17) is 4.74 Å². The Kier molecular flexibility index (Phi) is 8.11. The number of ether oxygens (including phenoxy) is 1. The molecule has 1 aromatic carbocycles. The van der Waals surface area contributed by atoms with Crippen molar-refractivity contribution in [3.8, 4) is 5.75 Å². The van der Waals surface area contributed by atoms with Crippen LogP contribution < -0.4 is 4.74 Å².